The molecule has 0 saturated carbocycles. The maximum Gasteiger partial charge on any atom is 0.416 e. The Balaban J connectivity index is 1.63. The summed E-state index contributed by atoms with van der Waals surface area (Å²) in [6.45, 7) is 0. The molecule has 0 N–H and O–H groups in total. The van der Waals surface area contributed by atoms with Gasteiger partial charge in [-0.05, 0) is 48.5 Å². The quantitative estimate of drug-likeness (QED) is 0.144. The summed E-state index contributed by atoms with van der Waals surface area (Å²) in [4.78, 5) is 0. The van der Waals surface area contributed by atoms with E-state index in [0.29, 0.717) is 24.3 Å². The molecule has 0 bridgehead atoms. The van der Waals surface area contributed by atoms with E-state index in [4.69, 9.17) is 9.05 Å². The molecule has 2 atom stereocenters. The van der Waals surface area contributed by atoms with Crippen LogP contribution in [0.25, 0.3) is 11.1 Å². The third-order valence-electron chi connectivity index (χ3n) is 5.80. The highest BCUT2D eigenvalue weighted by Gasteiger charge is 2.38. The molecule has 16 heteroatoms. The van der Waals surface area contributed by atoms with Crippen LogP contribution in [-0.2, 0) is 24.7 Å². The molecule has 0 aromatic heterocycles. The third kappa shape index (κ3) is 8.35. The van der Waals surface area contributed by atoms with Gasteiger partial charge in [0.2, 0.25) is 0 Å². The lowest BCUT2D eigenvalue weighted by Gasteiger charge is -2.17. The van der Waals surface area contributed by atoms with Gasteiger partial charge in [-0.3, -0.25) is 0 Å². The summed E-state index contributed by atoms with van der Waals surface area (Å²) < 4.78 is 170. The van der Waals surface area contributed by atoms with Crippen LogP contribution in [0.5, 0.6) is 11.5 Å². The summed E-state index contributed by atoms with van der Waals surface area (Å²) >= 11 is 0. The second kappa shape index (κ2) is 12.5. The summed E-state index contributed by atoms with van der Waals surface area (Å²) in [5.41, 5.74) is -5.60. The minimum absolute atomic E-state index is 0.00890. The first-order valence-electron chi connectivity index (χ1n) is 12.0. The van der Waals surface area contributed by atoms with Crippen molar-refractivity contribution in [1.82, 2.24) is 0 Å². The Morgan fingerprint density at radius 1 is 0.386 bits per heavy atom. The number of hydrogen-bond donors (Lipinski definition) is 0. The summed E-state index contributed by atoms with van der Waals surface area (Å²) in [5, 5.41) is -0.809. The van der Waals surface area contributed by atoms with E-state index >= 15 is 0 Å². The van der Waals surface area contributed by atoms with Gasteiger partial charge in [0.05, 0.1) is 22.3 Å². The SMILES string of the molecule is FC(F)(F)c1cc(POc2ccccc2-c2ccccc2OPc2cc(C(F)(F)F)cc(C(F)(F)F)c2)cc(C(F)(F)F)c1. The summed E-state index contributed by atoms with van der Waals surface area (Å²) in [7, 11) is -2.03. The maximum atomic E-state index is 13.3. The monoisotopic (exact) mass is 674 g/mol. The lowest BCUT2D eigenvalue weighted by atomic mass is 10.0. The fraction of sp³-hybridized carbons (Fsp3) is 0.143. The van der Waals surface area contributed by atoms with Crippen LogP contribution in [0, 0.1) is 0 Å². The highest BCUT2D eigenvalue weighted by Crippen LogP contribution is 2.42. The molecule has 4 rings (SSSR count). The molecular weight excluding hydrogens is 658 g/mol. The van der Waals surface area contributed by atoms with Gasteiger partial charge < -0.3 is 9.05 Å². The van der Waals surface area contributed by atoms with Crippen LogP contribution in [0.15, 0.2) is 84.9 Å². The Hall–Kier alpha value is -3.50. The van der Waals surface area contributed by atoms with Crippen LogP contribution in [0.2, 0.25) is 0 Å². The zero-order chi connectivity index (χ0) is 32.5. The third-order valence-corrected chi connectivity index (χ3v) is 7.49. The number of para-hydroxylation sites is 2. The number of hydrogen-bond acceptors (Lipinski definition) is 2. The number of benzene rings is 4. The Labute approximate surface area is 244 Å². The standard InChI is InChI=1S/C28H16F12O2P2/c29-25(30,31)15-9-16(26(32,33)34)12-19(11-15)43-41-23-7-3-1-5-21(23)22-6-2-4-8-24(22)42-44-20-13-17(27(35,36)37)10-18(14-20)28(38,39)40/h1-14,43-44H. The van der Waals surface area contributed by atoms with Gasteiger partial charge in [-0.1, -0.05) is 36.4 Å². The molecule has 0 heterocycles. The zero-order valence-corrected chi connectivity index (χ0v) is 23.4. The Morgan fingerprint density at radius 2 is 0.659 bits per heavy atom. The van der Waals surface area contributed by atoms with Crippen LogP contribution < -0.4 is 19.7 Å². The molecule has 0 aliphatic rings. The van der Waals surface area contributed by atoms with Crippen LogP contribution >= 0.6 is 17.6 Å². The predicted molar refractivity (Wildman–Crippen MR) is 142 cm³/mol. The molecule has 0 spiro atoms. The second-order valence-electron chi connectivity index (χ2n) is 8.99. The van der Waals surface area contributed by atoms with Crippen molar-refractivity contribution in [3.05, 3.63) is 107 Å². The van der Waals surface area contributed by atoms with Gasteiger partial charge in [0, 0.05) is 21.7 Å². The predicted octanol–water partition coefficient (Wildman–Crippen LogP) is 10.0. The number of alkyl halides is 12. The van der Waals surface area contributed by atoms with Crippen LogP contribution in [-0.4, -0.2) is 0 Å². The first-order chi connectivity index (χ1) is 20.3. The molecule has 0 fully saturated rings. The Kier molecular flexibility index (Phi) is 9.47. The molecule has 4 aromatic carbocycles. The molecule has 0 saturated heterocycles. The van der Waals surface area contributed by atoms with Crippen molar-refractivity contribution in [3.8, 4) is 22.6 Å². The second-order valence-corrected chi connectivity index (χ2v) is 11.0. The van der Waals surface area contributed by atoms with Crippen molar-refractivity contribution in [3.63, 3.8) is 0 Å². The molecular formula is C28H16F12O2P2. The molecule has 0 aliphatic heterocycles. The largest absolute Gasteiger partial charge is 0.472 e. The highest BCUT2D eigenvalue weighted by molar-refractivity contribution is 7.42. The van der Waals surface area contributed by atoms with Crippen molar-refractivity contribution >= 4 is 28.2 Å². The van der Waals surface area contributed by atoms with Crippen molar-refractivity contribution < 1.29 is 61.7 Å². The average Bonchev–Trinajstić information content (AvgIpc) is 2.93. The van der Waals surface area contributed by atoms with E-state index in [1.165, 1.54) is 48.5 Å². The van der Waals surface area contributed by atoms with E-state index in [2.05, 4.69) is 0 Å². The van der Waals surface area contributed by atoms with Gasteiger partial charge in [0.25, 0.3) is 0 Å². The van der Waals surface area contributed by atoms with Gasteiger partial charge >= 0.3 is 24.7 Å². The van der Waals surface area contributed by atoms with Gasteiger partial charge in [-0.15, -0.1) is 0 Å². The zero-order valence-electron chi connectivity index (χ0n) is 21.4. The molecule has 0 aliphatic carbocycles. The van der Waals surface area contributed by atoms with Gasteiger partial charge in [0.1, 0.15) is 29.1 Å². The Morgan fingerprint density at radius 3 is 0.932 bits per heavy atom. The van der Waals surface area contributed by atoms with Crippen molar-refractivity contribution in [2.75, 3.05) is 0 Å². The molecule has 4 aromatic rings. The minimum Gasteiger partial charge on any atom is -0.472 e. The first-order valence-corrected chi connectivity index (χ1v) is 13.8. The lowest BCUT2D eigenvalue weighted by molar-refractivity contribution is -0.144. The van der Waals surface area contributed by atoms with Crippen LogP contribution in [0.3, 0.4) is 0 Å². The maximum absolute atomic E-state index is 13.3. The summed E-state index contributed by atoms with van der Waals surface area (Å²) in [6.07, 6.45) is -20.2. The summed E-state index contributed by atoms with van der Waals surface area (Å²) in [5.74, 6) is 0.0178. The van der Waals surface area contributed by atoms with E-state index < -0.39 is 75.2 Å². The minimum atomic E-state index is -5.06. The number of rotatable bonds is 7. The summed E-state index contributed by atoms with van der Waals surface area (Å²) in [6, 6.07) is 13.8. The topological polar surface area (TPSA) is 18.5 Å². The van der Waals surface area contributed by atoms with Crippen molar-refractivity contribution in [2.45, 2.75) is 24.7 Å². The van der Waals surface area contributed by atoms with Gasteiger partial charge in [-0.2, -0.15) is 52.7 Å². The molecule has 2 nitrogen and oxygen atoms in total. The van der Waals surface area contributed by atoms with E-state index in [1.54, 1.807) is 0 Å². The van der Waals surface area contributed by atoms with Crippen molar-refractivity contribution in [2.24, 2.45) is 0 Å². The molecule has 0 radical (unpaired) electrons. The fourth-order valence-electron chi connectivity index (χ4n) is 3.81. The van der Waals surface area contributed by atoms with Gasteiger partial charge in [0.15, 0.2) is 0 Å². The van der Waals surface area contributed by atoms with Crippen LogP contribution in [0.4, 0.5) is 52.7 Å². The molecule has 2 unspecified atom stereocenters. The van der Waals surface area contributed by atoms with E-state index in [-0.39, 0.29) is 34.8 Å². The van der Waals surface area contributed by atoms with E-state index in [0.717, 1.165) is 0 Å². The average molecular weight is 674 g/mol. The first kappa shape index (κ1) is 33.4. The van der Waals surface area contributed by atoms with E-state index in [1.807, 2.05) is 0 Å². The fourth-order valence-corrected chi connectivity index (χ4v) is 5.48. The number of halogens is 12. The highest BCUT2D eigenvalue weighted by atomic mass is 31.1. The normalized spacial score (nSPS) is 13.3. The van der Waals surface area contributed by atoms with Crippen molar-refractivity contribution in [1.29, 1.82) is 0 Å². The molecule has 0 amide bonds. The van der Waals surface area contributed by atoms with E-state index in [9.17, 15) is 52.7 Å². The van der Waals surface area contributed by atoms with Gasteiger partial charge in [-0.25, -0.2) is 0 Å². The lowest BCUT2D eigenvalue weighted by Crippen LogP contribution is -2.15. The molecule has 234 valence electrons. The molecule has 44 heavy (non-hydrogen) atoms. The smallest absolute Gasteiger partial charge is 0.416 e. The Bertz CT molecular complexity index is 1440. The van der Waals surface area contributed by atoms with Crippen LogP contribution in [0.1, 0.15) is 22.3 Å².